The third-order valence-corrected chi connectivity index (χ3v) is 3.93. The van der Waals surface area contributed by atoms with Crippen molar-refractivity contribution in [1.29, 1.82) is 0 Å². The molecule has 0 unspecified atom stereocenters. The number of rotatable bonds is 1. The van der Waals surface area contributed by atoms with Gasteiger partial charge in [-0.3, -0.25) is 0 Å². The number of hydrogen-bond donors (Lipinski definition) is 1. The Morgan fingerprint density at radius 2 is 2.21 bits per heavy atom. The molecule has 1 aromatic carbocycles. The Labute approximate surface area is 112 Å². The Morgan fingerprint density at radius 3 is 3.16 bits per heavy atom. The van der Waals surface area contributed by atoms with Gasteiger partial charge in [0, 0.05) is 23.3 Å². The predicted molar refractivity (Wildman–Crippen MR) is 76.0 cm³/mol. The van der Waals surface area contributed by atoms with Crippen LogP contribution >= 0.6 is 11.5 Å². The lowest BCUT2D eigenvalue weighted by Crippen LogP contribution is -1.88. The van der Waals surface area contributed by atoms with E-state index in [-0.39, 0.29) is 0 Å². The number of nitrogens with zero attached hydrogens (tertiary/aromatic N) is 4. The van der Waals surface area contributed by atoms with Crippen molar-refractivity contribution in [1.82, 2.24) is 19.0 Å². The van der Waals surface area contributed by atoms with Crippen molar-refractivity contribution < 1.29 is 0 Å². The van der Waals surface area contributed by atoms with Crippen molar-refractivity contribution in [2.24, 2.45) is 0 Å². The standard InChI is InChI=1S/C13H9N5S/c14-12-9-6-8(2-3-11(9)19-17-12)10-7-16-18-5-1-4-15-13(10)18/h1-7H,(H2,14,17). The van der Waals surface area contributed by atoms with Gasteiger partial charge in [-0.25, -0.2) is 9.50 Å². The van der Waals surface area contributed by atoms with Crippen LogP contribution in [0.2, 0.25) is 0 Å². The quantitative estimate of drug-likeness (QED) is 0.575. The van der Waals surface area contributed by atoms with E-state index in [1.54, 1.807) is 10.7 Å². The van der Waals surface area contributed by atoms with E-state index in [1.165, 1.54) is 11.5 Å². The molecule has 3 aromatic heterocycles. The van der Waals surface area contributed by atoms with Gasteiger partial charge in [0.2, 0.25) is 0 Å². The topological polar surface area (TPSA) is 69.1 Å². The lowest BCUT2D eigenvalue weighted by atomic mass is 10.1. The Morgan fingerprint density at radius 1 is 1.26 bits per heavy atom. The van der Waals surface area contributed by atoms with Crippen molar-refractivity contribution in [3.63, 3.8) is 0 Å². The van der Waals surface area contributed by atoms with E-state index in [9.17, 15) is 0 Å². The molecule has 0 radical (unpaired) electrons. The summed E-state index contributed by atoms with van der Waals surface area (Å²) in [5.41, 5.74) is 8.75. The number of hydrogen-bond acceptors (Lipinski definition) is 5. The lowest BCUT2D eigenvalue weighted by molar-refractivity contribution is 0.939. The summed E-state index contributed by atoms with van der Waals surface area (Å²) < 4.78 is 7.01. The van der Waals surface area contributed by atoms with E-state index in [0.29, 0.717) is 5.82 Å². The van der Waals surface area contributed by atoms with Crippen LogP contribution in [-0.4, -0.2) is 19.0 Å². The van der Waals surface area contributed by atoms with Gasteiger partial charge in [0.25, 0.3) is 0 Å². The first-order valence-corrected chi connectivity index (χ1v) is 6.54. The summed E-state index contributed by atoms with van der Waals surface area (Å²) in [5, 5.41) is 5.28. The average Bonchev–Trinajstić information content (AvgIpc) is 3.03. The second-order valence-corrected chi connectivity index (χ2v) is 5.03. The minimum Gasteiger partial charge on any atom is -0.382 e. The molecule has 0 aliphatic heterocycles. The fourth-order valence-corrected chi connectivity index (χ4v) is 2.84. The fourth-order valence-electron chi connectivity index (χ4n) is 2.16. The molecule has 0 bridgehead atoms. The third kappa shape index (κ3) is 1.50. The minimum atomic E-state index is 0.575. The van der Waals surface area contributed by atoms with Crippen LogP contribution in [0.15, 0.2) is 42.9 Å². The Hall–Kier alpha value is -2.47. The molecule has 0 aliphatic rings. The molecule has 2 N–H and O–H groups in total. The van der Waals surface area contributed by atoms with Crippen LogP contribution in [0.25, 0.3) is 26.9 Å². The van der Waals surface area contributed by atoms with Crippen molar-refractivity contribution in [3.8, 4) is 11.1 Å². The highest BCUT2D eigenvalue weighted by Crippen LogP contribution is 2.31. The van der Waals surface area contributed by atoms with E-state index >= 15 is 0 Å². The summed E-state index contributed by atoms with van der Waals surface area (Å²) in [6.07, 6.45) is 5.46. The minimum absolute atomic E-state index is 0.575. The van der Waals surface area contributed by atoms with E-state index < -0.39 is 0 Å². The number of fused-ring (bicyclic) bond motifs is 2. The van der Waals surface area contributed by atoms with Gasteiger partial charge in [0.1, 0.15) is 5.82 Å². The monoisotopic (exact) mass is 267 g/mol. The summed E-state index contributed by atoms with van der Waals surface area (Å²) in [6.45, 7) is 0. The molecule has 0 atom stereocenters. The van der Waals surface area contributed by atoms with Gasteiger partial charge >= 0.3 is 0 Å². The van der Waals surface area contributed by atoms with Crippen molar-refractivity contribution >= 4 is 33.1 Å². The highest BCUT2D eigenvalue weighted by molar-refractivity contribution is 7.13. The van der Waals surface area contributed by atoms with Gasteiger partial charge < -0.3 is 5.73 Å². The molecular weight excluding hydrogens is 258 g/mol. The molecule has 0 amide bonds. The van der Waals surface area contributed by atoms with Crippen LogP contribution in [-0.2, 0) is 0 Å². The van der Waals surface area contributed by atoms with Gasteiger partial charge in [-0.2, -0.15) is 9.47 Å². The zero-order chi connectivity index (χ0) is 12.8. The van der Waals surface area contributed by atoms with E-state index in [4.69, 9.17) is 5.73 Å². The first-order chi connectivity index (χ1) is 9.33. The van der Waals surface area contributed by atoms with Crippen LogP contribution in [0, 0.1) is 0 Å². The fraction of sp³-hybridized carbons (Fsp3) is 0. The highest BCUT2D eigenvalue weighted by atomic mass is 32.1. The molecule has 5 nitrogen and oxygen atoms in total. The maximum Gasteiger partial charge on any atom is 0.162 e. The van der Waals surface area contributed by atoms with E-state index in [1.807, 2.05) is 36.7 Å². The van der Waals surface area contributed by atoms with Gasteiger partial charge in [-0.1, -0.05) is 6.07 Å². The molecule has 4 rings (SSSR count). The molecule has 0 saturated heterocycles. The Kier molecular flexibility index (Phi) is 2.07. The molecule has 19 heavy (non-hydrogen) atoms. The van der Waals surface area contributed by atoms with Gasteiger partial charge in [-0.05, 0) is 35.3 Å². The normalized spacial score (nSPS) is 11.4. The molecule has 92 valence electrons. The summed E-state index contributed by atoms with van der Waals surface area (Å²) in [6, 6.07) is 7.98. The molecule has 4 aromatic rings. The summed E-state index contributed by atoms with van der Waals surface area (Å²) in [4.78, 5) is 4.36. The zero-order valence-electron chi connectivity index (χ0n) is 9.82. The van der Waals surface area contributed by atoms with Crippen LogP contribution in [0.3, 0.4) is 0 Å². The lowest BCUT2D eigenvalue weighted by Gasteiger charge is -1.99. The van der Waals surface area contributed by atoms with Crippen LogP contribution in [0.1, 0.15) is 0 Å². The number of anilines is 1. The highest BCUT2D eigenvalue weighted by Gasteiger charge is 2.10. The molecule has 0 aliphatic carbocycles. The predicted octanol–water partition coefficient (Wildman–Crippen LogP) is 2.59. The largest absolute Gasteiger partial charge is 0.382 e. The molecule has 3 heterocycles. The zero-order valence-corrected chi connectivity index (χ0v) is 10.6. The molecule has 0 fully saturated rings. The van der Waals surface area contributed by atoms with Crippen LogP contribution < -0.4 is 5.73 Å². The van der Waals surface area contributed by atoms with E-state index in [0.717, 1.165) is 26.9 Å². The van der Waals surface area contributed by atoms with Crippen molar-refractivity contribution in [3.05, 3.63) is 42.9 Å². The number of benzene rings is 1. The summed E-state index contributed by atoms with van der Waals surface area (Å²) in [5.74, 6) is 0.575. The van der Waals surface area contributed by atoms with Gasteiger partial charge in [0.05, 0.1) is 10.9 Å². The first-order valence-electron chi connectivity index (χ1n) is 5.76. The maximum atomic E-state index is 5.87. The number of nitrogen functional groups attached to an aromatic ring is 1. The van der Waals surface area contributed by atoms with E-state index in [2.05, 4.69) is 14.5 Å². The molecular formula is C13H9N5S. The molecule has 0 spiro atoms. The summed E-state index contributed by atoms with van der Waals surface area (Å²) in [7, 11) is 0. The Balaban J connectivity index is 2.01. The third-order valence-electron chi connectivity index (χ3n) is 3.09. The SMILES string of the molecule is Nc1nsc2ccc(-c3cnn4cccnc34)cc12. The number of nitrogens with two attached hydrogens (primary N) is 1. The second-order valence-electron chi connectivity index (χ2n) is 4.22. The maximum absolute atomic E-state index is 5.87. The van der Waals surface area contributed by atoms with Crippen molar-refractivity contribution in [2.75, 3.05) is 5.73 Å². The second kappa shape index (κ2) is 3.76. The van der Waals surface area contributed by atoms with Crippen LogP contribution in [0.5, 0.6) is 0 Å². The first kappa shape index (κ1) is 10.5. The smallest absolute Gasteiger partial charge is 0.162 e. The van der Waals surface area contributed by atoms with Crippen molar-refractivity contribution in [2.45, 2.75) is 0 Å². The molecule has 0 saturated carbocycles. The van der Waals surface area contributed by atoms with Crippen LogP contribution in [0.4, 0.5) is 5.82 Å². The van der Waals surface area contributed by atoms with Gasteiger partial charge in [0.15, 0.2) is 5.65 Å². The summed E-state index contributed by atoms with van der Waals surface area (Å²) >= 11 is 1.41. The average molecular weight is 267 g/mol. The molecule has 6 heteroatoms. The number of aromatic nitrogens is 4. The Bertz CT molecular complexity index is 892. The van der Waals surface area contributed by atoms with Gasteiger partial charge in [-0.15, -0.1) is 0 Å².